The largest absolute Gasteiger partial charge is 0.388 e. The summed E-state index contributed by atoms with van der Waals surface area (Å²) in [5.41, 5.74) is 1.24. The van der Waals surface area contributed by atoms with E-state index in [4.69, 9.17) is 0 Å². The van der Waals surface area contributed by atoms with Gasteiger partial charge in [0.05, 0.1) is 6.10 Å². The van der Waals surface area contributed by atoms with E-state index in [9.17, 15) is 5.11 Å². The first kappa shape index (κ1) is 9.22. The Morgan fingerprint density at radius 3 is 2.92 bits per heavy atom. The van der Waals surface area contributed by atoms with Gasteiger partial charge in [0.2, 0.25) is 0 Å². The number of thiophene rings is 1. The number of hydrogen-bond acceptors (Lipinski definition) is 2. The van der Waals surface area contributed by atoms with Crippen LogP contribution in [0, 0.1) is 12.8 Å². The molecule has 0 amide bonds. The molecular weight excluding hydrogens is 180 g/mol. The van der Waals surface area contributed by atoms with E-state index < -0.39 is 0 Å². The summed E-state index contributed by atoms with van der Waals surface area (Å²) in [6.45, 7) is 2.08. The summed E-state index contributed by atoms with van der Waals surface area (Å²) >= 11 is 1.68. The van der Waals surface area contributed by atoms with Gasteiger partial charge in [-0.3, -0.25) is 0 Å². The maximum absolute atomic E-state index is 9.88. The molecule has 1 aromatic heterocycles. The van der Waals surface area contributed by atoms with Gasteiger partial charge in [0.15, 0.2) is 0 Å². The number of aryl methyl sites for hydroxylation is 1. The van der Waals surface area contributed by atoms with Gasteiger partial charge in [-0.1, -0.05) is 12.8 Å². The predicted molar refractivity (Wildman–Crippen MR) is 56.0 cm³/mol. The van der Waals surface area contributed by atoms with Gasteiger partial charge >= 0.3 is 0 Å². The molecule has 1 unspecified atom stereocenters. The maximum atomic E-state index is 9.88. The standard InChI is InChI=1S/C11H16OS/c1-8-6-7-13-11(8)10(12)5-4-9-2-3-9/h6-7,9-10,12H,2-5H2,1H3. The van der Waals surface area contributed by atoms with E-state index in [1.165, 1.54) is 29.7 Å². The van der Waals surface area contributed by atoms with Gasteiger partial charge < -0.3 is 5.11 Å². The fourth-order valence-electron chi connectivity index (χ4n) is 1.66. The van der Waals surface area contributed by atoms with Crippen LogP contribution < -0.4 is 0 Å². The average Bonchev–Trinajstić information content (AvgIpc) is 2.84. The minimum Gasteiger partial charge on any atom is -0.388 e. The van der Waals surface area contributed by atoms with Gasteiger partial charge in [-0.05, 0) is 42.7 Å². The Morgan fingerprint density at radius 1 is 1.62 bits per heavy atom. The van der Waals surface area contributed by atoms with Crippen LogP contribution in [0.1, 0.15) is 42.2 Å². The summed E-state index contributed by atoms with van der Waals surface area (Å²) in [4.78, 5) is 1.17. The molecule has 0 aromatic carbocycles. The van der Waals surface area contributed by atoms with Crippen molar-refractivity contribution >= 4 is 11.3 Å². The Labute approximate surface area is 83.4 Å². The lowest BCUT2D eigenvalue weighted by molar-refractivity contribution is 0.165. The lowest BCUT2D eigenvalue weighted by atomic mass is 10.1. The van der Waals surface area contributed by atoms with E-state index in [2.05, 4.69) is 18.4 Å². The van der Waals surface area contributed by atoms with E-state index in [1.54, 1.807) is 11.3 Å². The number of aliphatic hydroxyl groups is 1. The Morgan fingerprint density at radius 2 is 2.38 bits per heavy atom. The van der Waals surface area contributed by atoms with Crippen LogP contribution in [0.2, 0.25) is 0 Å². The molecule has 1 saturated carbocycles. The minimum absolute atomic E-state index is 0.208. The van der Waals surface area contributed by atoms with Crippen LogP contribution >= 0.6 is 11.3 Å². The summed E-state index contributed by atoms with van der Waals surface area (Å²) in [6.07, 6.45) is 4.72. The molecule has 2 rings (SSSR count). The molecule has 0 aliphatic heterocycles. The second-order valence-electron chi connectivity index (χ2n) is 4.00. The third-order valence-electron chi connectivity index (χ3n) is 2.75. The molecule has 0 spiro atoms. The van der Waals surface area contributed by atoms with Crippen LogP contribution in [-0.4, -0.2) is 5.11 Å². The zero-order valence-electron chi connectivity index (χ0n) is 7.99. The molecule has 0 radical (unpaired) electrons. The van der Waals surface area contributed by atoms with Crippen LogP contribution in [0.5, 0.6) is 0 Å². The molecule has 72 valence electrons. The van der Waals surface area contributed by atoms with Gasteiger partial charge in [-0.2, -0.15) is 0 Å². The van der Waals surface area contributed by atoms with Crippen molar-refractivity contribution in [1.82, 2.24) is 0 Å². The molecule has 1 aromatic rings. The number of rotatable bonds is 4. The highest BCUT2D eigenvalue weighted by Crippen LogP contribution is 2.37. The highest BCUT2D eigenvalue weighted by atomic mass is 32.1. The molecular formula is C11H16OS. The normalized spacial score (nSPS) is 18.9. The van der Waals surface area contributed by atoms with Crippen molar-refractivity contribution in [1.29, 1.82) is 0 Å². The fourth-order valence-corrected chi connectivity index (χ4v) is 2.60. The quantitative estimate of drug-likeness (QED) is 0.783. The van der Waals surface area contributed by atoms with Crippen molar-refractivity contribution in [2.75, 3.05) is 0 Å². The van der Waals surface area contributed by atoms with E-state index in [-0.39, 0.29) is 6.10 Å². The summed E-state index contributed by atoms with van der Waals surface area (Å²) in [7, 11) is 0. The van der Waals surface area contributed by atoms with Crippen molar-refractivity contribution in [3.63, 3.8) is 0 Å². The van der Waals surface area contributed by atoms with Crippen LogP contribution in [0.15, 0.2) is 11.4 Å². The van der Waals surface area contributed by atoms with Gasteiger partial charge in [-0.15, -0.1) is 11.3 Å². The first-order valence-electron chi connectivity index (χ1n) is 4.99. The average molecular weight is 196 g/mol. The van der Waals surface area contributed by atoms with Crippen molar-refractivity contribution in [2.24, 2.45) is 5.92 Å². The Bertz CT molecular complexity index is 275. The van der Waals surface area contributed by atoms with Crippen molar-refractivity contribution < 1.29 is 5.11 Å². The van der Waals surface area contributed by atoms with Crippen LogP contribution in [0.25, 0.3) is 0 Å². The van der Waals surface area contributed by atoms with Crippen LogP contribution in [-0.2, 0) is 0 Å². The summed E-state index contributed by atoms with van der Waals surface area (Å²) in [6, 6.07) is 2.08. The Hall–Kier alpha value is -0.340. The Kier molecular flexibility index (Phi) is 2.70. The van der Waals surface area contributed by atoms with Gasteiger partial charge in [-0.25, -0.2) is 0 Å². The molecule has 0 bridgehead atoms. The smallest absolute Gasteiger partial charge is 0.0884 e. The monoisotopic (exact) mass is 196 g/mol. The molecule has 1 aliphatic rings. The topological polar surface area (TPSA) is 20.2 Å². The van der Waals surface area contributed by atoms with Crippen LogP contribution in [0.4, 0.5) is 0 Å². The summed E-state index contributed by atoms with van der Waals surface area (Å²) < 4.78 is 0. The number of aliphatic hydroxyl groups excluding tert-OH is 1. The second kappa shape index (κ2) is 3.81. The van der Waals surface area contributed by atoms with E-state index in [0.29, 0.717) is 0 Å². The molecule has 1 aliphatic carbocycles. The molecule has 1 heterocycles. The summed E-state index contributed by atoms with van der Waals surface area (Å²) in [5, 5.41) is 11.9. The zero-order chi connectivity index (χ0) is 9.26. The van der Waals surface area contributed by atoms with E-state index in [1.807, 2.05) is 0 Å². The molecule has 1 N–H and O–H groups in total. The lowest BCUT2D eigenvalue weighted by Crippen LogP contribution is -1.96. The second-order valence-corrected chi connectivity index (χ2v) is 4.95. The van der Waals surface area contributed by atoms with Crippen LogP contribution in [0.3, 0.4) is 0 Å². The highest BCUT2D eigenvalue weighted by molar-refractivity contribution is 7.10. The van der Waals surface area contributed by atoms with Crippen molar-refractivity contribution in [3.05, 3.63) is 21.9 Å². The highest BCUT2D eigenvalue weighted by Gasteiger charge is 2.22. The lowest BCUT2D eigenvalue weighted by Gasteiger charge is -2.08. The first-order chi connectivity index (χ1) is 6.27. The van der Waals surface area contributed by atoms with Crippen molar-refractivity contribution in [3.8, 4) is 0 Å². The third-order valence-corrected chi connectivity index (χ3v) is 3.87. The minimum atomic E-state index is -0.208. The third kappa shape index (κ3) is 2.32. The van der Waals surface area contributed by atoms with Gasteiger partial charge in [0, 0.05) is 4.88 Å². The summed E-state index contributed by atoms with van der Waals surface area (Å²) in [5.74, 6) is 0.926. The zero-order valence-corrected chi connectivity index (χ0v) is 8.81. The fraction of sp³-hybridized carbons (Fsp3) is 0.636. The molecule has 1 atom stereocenters. The predicted octanol–water partition coefficient (Wildman–Crippen LogP) is 3.28. The maximum Gasteiger partial charge on any atom is 0.0884 e. The van der Waals surface area contributed by atoms with Gasteiger partial charge in [0.25, 0.3) is 0 Å². The van der Waals surface area contributed by atoms with Gasteiger partial charge in [0.1, 0.15) is 0 Å². The molecule has 0 saturated heterocycles. The Balaban J connectivity index is 1.88. The van der Waals surface area contributed by atoms with E-state index in [0.717, 1.165) is 12.3 Å². The SMILES string of the molecule is Cc1ccsc1C(O)CCC1CC1. The van der Waals surface area contributed by atoms with Crippen molar-refractivity contribution in [2.45, 2.75) is 38.7 Å². The van der Waals surface area contributed by atoms with E-state index >= 15 is 0 Å². The first-order valence-corrected chi connectivity index (χ1v) is 5.87. The molecule has 2 heteroatoms. The number of hydrogen-bond donors (Lipinski definition) is 1. The molecule has 1 nitrogen and oxygen atoms in total. The molecule has 13 heavy (non-hydrogen) atoms. The molecule has 1 fully saturated rings.